The van der Waals surface area contributed by atoms with E-state index in [0.717, 1.165) is 33.4 Å². The highest BCUT2D eigenvalue weighted by atomic mass is 16.7. The Kier molecular flexibility index (Phi) is 12.6. The summed E-state index contributed by atoms with van der Waals surface area (Å²) < 4.78 is 26.5. The third-order valence-electron chi connectivity index (χ3n) is 10.2. The van der Waals surface area contributed by atoms with Crippen LogP contribution in [-0.4, -0.2) is 48.1 Å². The van der Waals surface area contributed by atoms with E-state index in [0.29, 0.717) is 6.61 Å². The van der Waals surface area contributed by atoms with Gasteiger partial charge >= 0.3 is 0 Å². The molecule has 6 aromatic carbocycles. The first-order valence-corrected chi connectivity index (χ1v) is 18.8. The number of benzene rings is 6. The van der Waals surface area contributed by atoms with Gasteiger partial charge < -0.3 is 29.0 Å². The maximum absolute atomic E-state index is 15.0. The van der Waals surface area contributed by atoms with Crippen molar-refractivity contribution in [2.24, 2.45) is 0 Å². The minimum atomic E-state index is -1.73. The van der Waals surface area contributed by atoms with Gasteiger partial charge in [0.1, 0.15) is 23.9 Å². The number of rotatable bonds is 15. The summed E-state index contributed by atoms with van der Waals surface area (Å²) >= 11 is 0. The van der Waals surface area contributed by atoms with Crippen LogP contribution < -0.4 is 5.11 Å². The van der Waals surface area contributed by atoms with E-state index in [9.17, 15) is 4.79 Å². The van der Waals surface area contributed by atoms with Gasteiger partial charge in [0.25, 0.3) is 0 Å². The number of carbonyl (C=O) groups is 1. The van der Waals surface area contributed by atoms with Gasteiger partial charge in [-0.25, -0.2) is 0 Å². The summed E-state index contributed by atoms with van der Waals surface area (Å²) in [6, 6.07) is 58.0. The molecule has 0 N–H and O–H groups in total. The normalized spacial score (nSPS) is 19.8. The first-order valence-electron chi connectivity index (χ1n) is 18.8. The maximum atomic E-state index is 15.0. The molecule has 1 saturated heterocycles. The van der Waals surface area contributed by atoms with Gasteiger partial charge in [-0.15, -0.1) is 0 Å². The lowest BCUT2D eigenvalue weighted by molar-refractivity contribution is -0.528. The molecule has 0 aliphatic carbocycles. The van der Waals surface area contributed by atoms with Crippen molar-refractivity contribution in [3.63, 3.8) is 0 Å². The van der Waals surface area contributed by atoms with Crippen LogP contribution >= 0.6 is 0 Å². The molecular formula is C48H46NO6-. The fourth-order valence-electron chi connectivity index (χ4n) is 7.71. The largest absolute Gasteiger partial charge is 0.829 e. The van der Waals surface area contributed by atoms with Gasteiger partial charge in [-0.05, 0) is 33.4 Å². The van der Waals surface area contributed by atoms with Crippen LogP contribution in [0.1, 0.15) is 40.3 Å². The van der Waals surface area contributed by atoms with E-state index >= 15 is 5.11 Å². The van der Waals surface area contributed by atoms with E-state index in [2.05, 4.69) is 0 Å². The van der Waals surface area contributed by atoms with Crippen molar-refractivity contribution in [2.45, 2.75) is 62.9 Å². The minimum absolute atomic E-state index is 0.0757. The summed E-state index contributed by atoms with van der Waals surface area (Å²) in [7, 11) is 0. The zero-order chi connectivity index (χ0) is 37.9. The Morgan fingerprint density at radius 1 is 0.564 bits per heavy atom. The molecule has 5 atom stereocenters. The highest BCUT2D eigenvalue weighted by molar-refractivity contribution is 5.77. The van der Waals surface area contributed by atoms with Gasteiger partial charge in [0.15, 0.2) is 0 Å². The van der Waals surface area contributed by atoms with Crippen LogP contribution in [0.5, 0.6) is 0 Å². The lowest BCUT2D eigenvalue weighted by atomic mass is 9.73. The van der Waals surface area contributed by atoms with Gasteiger partial charge in [-0.2, -0.15) is 0 Å². The average Bonchev–Trinajstić information content (AvgIpc) is 3.24. The molecule has 1 aliphatic heterocycles. The molecule has 0 unspecified atom stereocenters. The highest BCUT2D eigenvalue weighted by Gasteiger charge is 2.54. The number of ether oxygens (including phenoxy) is 4. The van der Waals surface area contributed by atoms with E-state index in [1.807, 2.05) is 182 Å². The predicted molar refractivity (Wildman–Crippen MR) is 210 cm³/mol. The smallest absolute Gasteiger partial charge is 0.221 e. The molecule has 1 fully saturated rings. The Morgan fingerprint density at radius 2 is 0.927 bits per heavy atom. The lowest BCUT2D eigenvalue weighted by Crippen LogP contribution is -2.72. The number of hydrogen-bond acceptors (Lipinski definition) is 6. The number of carbonyl (C=O) groups excluding carboxylic acids is 1. The van der Waals surface area contributed by atoms with E-state index < -0.39 is 36.2 Å². The second kappa shape index (κ2) is 18.3. The van der Waals surface area contributed by atoms with Crippen molar-refractivity contribution < 1.29 is 28.8 Å². The molecule has 55 heavy (non-hydrogen) atoms. The molecule has 7 rings (SSSR count). The summed E-state index contributed by atoms with van der Waals surface area (Å²) in [4.78, 5) is 16.4. The van der Waals surface area contributed by atoms with Gasteiger partial charge in [0, 0.05) is 13.2 Å². The number of hydrogen-bond donors (Lipinski definition) is 0. The summed E-state index contributed by atoms with van der Waals surface area (Å²) in [6.45, 7) is 2.32. The number of amides is 1. The van der Waals surface area contributed by atoms with Crippen LogP contribution in [0, 0.1) is 0 Å². The summed E-state index contributed by atoms with van der Waals surface area (Å²) in [5.74, 6) is -0.320. The molecule has 1 heterocycles. The van der Waals surface area contributed by atoms with Crippen molar-refractivity contribution in [2.75, 3.05) is 6.61 Å². The Bertz CT molecular complexity index is 1940. The fourth-order valence-corrected chi connectivity index (χ4v) is 7.71. The Morgan fingerprint density at radius 3 is 1.33 bits per heavy atom. The van der Waals surface area contributed by atoms with Crippen LogP contribution in [-0.2, 0) is 49.1 Å². The topological polar surface area (TPSA) is 80.3 Å². The fraction of sp³-hybridized carbons (Fsp3) is 0.229. The van der Waals surface area contributed by atoms with Crippen LogP contribution in [0.3, 0.4) is 0 Å². The first kappa shape index (κ1) is 37.9. The van der Waals surface area contributed by atoms with Gasteiger partial charge in [0.2, 0.25) is 5.91 Å². The van der Waals surface area contributed by atoms with Crippen LogP contribution in [0.4, 0.5) is 0 Å². The second-order valence-electron chi connectivity index (χ2n) is 13.8. The molecule has 0 aromatic heterocycles. The van der Waals surface area contributed by atoms with Gasteiger partial charge in [-0.1, -0.05) is 182 Å². The Labute approximate surface area is 323 Å². The molecule has 0 radical (unpaired) electrons. The second-order valence-corrected chi connectivity index (χ2v) is 13.8. The van der Waals surface area contributed by atoms with Crippen molar-refractivity contribution in [3.05, 3.63) is 215 Å². The average molecular weight is 733 g/mol. The zero-order valence-electron chi connectivity index (χ0n) is 30.9. The third kappa shape index (κ3) is 8.62. The monoisotopic (exact) mass is 732 g/mol. The van der Waals surface area contributed by atoms with Crippen molar-refractivity contribution in [1.82, 2.24) is 4.90 Å². The summed E-state index contributed by atoms with van der Waals surface area (Å²) in [5, 5.41) is 15.0. The maximum Gasteiger partial charge on any atom is 0.221 e. The molecule has 280 valence electrons. The number of nitrogens with zero attached hydrogens (tertiary/aromatic N) is 1. The van der Waals surface area contributed by atoms with E-state index in [1.165, 1.54) is 6.92 Å². The third-order valence-corrected chi connectivity index (χ3v) is 10.2. The van der Waals surface area contributed by atoms with Crippen molar-refractivity contribution >= 4 is 5.91 Å². The Balaban J connectivity index is 1.38. The Hall–Kier alpha value is -5.41. The van der Waals surface area contributed by atoms with Crippen LogP contribution in [0.15, 0.2) is 182 Å². The molecule has 1 amide bonds. The molecule has 0 bridgehead atoms. The van der Waals surface area contributed by atoms with Crippen molar-refractivity contribution in [1.29, 1.82) is 0 Å². The molecule has 1 aliphatic rings. The van der Waals surface area contributed by atoms with Gasteiger partial charge in [-0.3, -0.25) is 4.79 Å². The SMILES string of the molecule is CC(=O)N([C@@H]1[C@@H](OCc2ccccc2)[C@H](OCc2ccccc2)[C@@H](COCc2ccccc2)O[C@@H]1[O-])C(c1ccccc1)(c1ccccc1)c1ccccc1. The summed E-state index contributed by atoms with van der Waals surface area (Å²) in [5.41, 5.74) is 4.04. The zero-order valence-corrected chi connectivity index (χ0v) is 30.9. The van der Waals surface area contributed by atoms with Crippen LogP contribution in [0.2, 0.25) is 0 Å². The molecule has 0 spiro atoms. The predicted octanol–water partition coefficient (Wildman–Crippen LogP) is 7.67. The molecule has 6 aromatic rings. The van der Waals surface area contributed by atoms with E-state index in [-0.39, 0.29) is 25.7 Å². The van der Waals surface area contributed by atoms with Crippen molar-refractivity contribution in [3.8, 4) is 0 Å². The van der Waals surface area contributed by atoms with Crippen LogP contribution in [0.25, 0.3) is 0 Å². The highest BCUT2D eigenvalue weighted by Crippen LogP contribution is 2.46. The summed E-state index contributed by atoms with van der Waals surface area (Å²) in [6.07, 6.45) is -4.29. The quantitative estimate of drug-likeness (QED) is 0.101. The van der Waals surface area contributed by atoms with E-state index in [4.69, 9.17) is 18.9 Å². The minimum Gasteiger partial charge on any atom is -0.829 e. The molecule has 0 saturated carbocycles. The molecule has 7 heteroatoms. The first-order chi connectivity index (χ1) is 27.1. The van der Waals surface area contributed by atoms with E-state index in [1.54, 1.807) is 4.90 Å². The lowest BCUT2D eigenvalue weighted by Gasteiger charge is -2.58. The van der Waals surface area contributed by atoms with Gasteiger partial charge in [0.05, 0.1) is 32.5 Å². The standard InChI is InChI=1S/C48H46NO6/c1-36(50)49(48(40-26-14-5-15-27-40,41-28-16-6-17-29-41)42-30-18-7-19-31-42)44-46(54-34-39-24-12-4-13-25-39)45(53-33-38-22-10-3-11-23-38)43(55-47(44)51)35-52-32-37-20-8-2-9-21-37/h2-31,43-47H,32-35H2,1H3/q-1/t43-,44-,45-,46-,47+/m1/s1. The molecule has 7 nitrogen and oxygen atoms in total. The molecular weight excluding hydrogens is 687 g/mol.